The standard InChI is InChI=1S/C16H20.C7H15N.C7H16.C4H10.2C2H6.C2H4/c1-7-14(11(2)3)15-9-8-13(6)10-16(15)12(4)5;1-4-5-6-8-7(2)3;1-4-5-6-7(2)3;1-3-4-2;3*1-2/h7-10H,1,4H2,2-3,5-6H3;8H,2,4-6H2,1,3H3;7H,4-6H2,1-3H3;3-4H2,1-2H3;2*1-2H3;1-2H2. The highest BCUT2D eigenvalue weighted by molar-refractivity contribution is 5.84. The fourth-order valence-electron chi connectivity index (χ4n) is 2.92. The van der Waals surface area contributed by atoms with E-state index in [1.165, 1.54) is 72.8 Å². The van der Waals surface area contributed by atoms with Crippen molar-refractivity contribution in [2.75, 3.05) is 6.54 Å². The van der Waals surface area contributed by atoms with Crippen LogP contribution in [0.4, 0.5) is 0 Å². The molecule has 0 aliphatic heterocycles. The van der Waals surface area contributed by atoms with E-state index in [2.05, 4.69) is 119 Å². The van der Waals surface area contributed by atoms with Crippen molar-refractivity contribution >= 4 is 11.1 Å². The molecule has 1 N–H and O–H groups in total. The first kappa shape index (κ1) is 51.5. The van der Waals surface area contributed by atoms with Crippen LogP contribution in [0.25, 0.3) is 11.1 Å². The molecule has 0 bridgehead atoms. The maximum Gasteiger partial charge on any atom is 0.0143 e. The zero-order chi connectivity index (χ0) is 33.8. The predicted octanol–water partition coefficient (Wildman–Crippen LogP) is 14.4. The Balaban J connectivity index is -0.000000104. The molecule has 0 aromatic heterocycles. The van der Waals surface area contributed by atoms with E-state index >= 15 is 0 Å². The minimum absolute atomic E-state index is 0.903. The van der Waals surface area contributed by atoms with Gasteiger partial charge in [-0.05, 0) is 63.7 Å². The van der Waals surface area contributed by atoms with Gasteiger partial charge in [-0.2, -0.15) is 0 Å². The first-order valence-electron chi connectivity index (χ1n) is 16.4. The summed E-state index contributed by atoms with van der Waals surface area (Å²) in [4.78, 5) is 0. The monoisotopic (exact) mass is 572 g/mol. The van der Waals surface area contributed by atoms with E-state index in [0.717, 1.165) is 23.7 Å². The molecule has 41 heavy (non-hydrogen) atoms. The molecule has 0 amide bonds. The molecule has 0 saturated heterocycles. The van der Waals surface area contributed by atoms with E-state index in [9.17, 15) is 0 Å². The van der Waals surface area contributed by atoms with Crippen molar-refractivity contribution < 1.29 is 0 Å². The molecular weight excluding hydrogens is 494 g/mol. The van der Waals surface area contributed by atoms with Crippen molar-refractivity contribution in [3.8, 4) is 0 Å². The summed E-state index contributed by atoms with van der Waals surface area (Å²) in [6.07, 6.45) is 11.2. The molecule has 242 valence electrons. The van der Waals surface area contributed by atoms with Gasteiger partial charge in [0, 0.05) is 12.2 Å². The SMILES string of the molecule is C=C.C=C(C)NCCCC.C=CC(=C(C)C)c1ccc(C)cc1C(=C)C.CC.CC.CCCC.CCCCC(C)C. The van der Waals surface area contributed by atoms with Crippen LogP contribution in [0.2, 0.25) is 0 Å². The summed E-state index contributed by atoms with van der Waals surface area (Å²) in [5, 5.41) is 3.15. The average molecular weight is 572 g/mol. The highest BCUT2D eigenvalue weighted by atomic mass is 14.9. The summed E-state index contributed by atoms with van der Waals surface area (Å²) in [6, 6.07) is 6.47. The van der Waals surface area contributed by atoms with Gasteiger partial charge in [-0.25, -0.2) is 0 Å². The molecule has 1 aromatic rings. The van der Waals surface area contributed by atoms with E-state index in [-0.39, 0.29) is 0 Å². The van der Waals surface area contributed by atoms with Gasteiger partial charge in [-0.1, -0.05) is 168 Å². The second-order valence-corrected chi connectivity index (χ2v) is 10.0. The predicted molar refractivity (Wildman–Crippen MR) is 201 cm³/mol. The Labute approximate surface area is 262 Å². The van der Waals surface area contributed by atoms with Crippen molar-refractivity contribution in [1.29, 1.82) is 0 Å². The fraction of sp³-hybridized carbons (Fsp3) is 0.600. The van der Waals surface area contributed by atoms with Gasteiger partial charge in [-0.15, -0.1) is 13.2 Å². The van der Waals surface area contributed by atoms with Crippen LogP contribution < -0.4 is 5.32 Å². The Hall–Kier alpha value is -2.28. The number of hydrogen-bond donors (Lipinski definition) is 1. The lowest BCUT2D eigenvalue weighted by molar-refractivity contribution is 0.550. The van der Waals surface area contributed by atoms with Crippen molar-refractivity contribution in [3.05, 3.63) is 85.1 Å². The van der Waals surface area contributed by atoms with Crippen molar-refractivity contribution in [2.24, 2.45) is 5.92 Å². The maximum absolute atomic E-state index is 4.05. The smallest absolute Gasteiger partial charge is 0.0143 e. The summed E-state index contributed by atoms with van der Waals surface area (Å²) >= 11 is 0. The number of nitrogens with one attached hydrogen (secondary N) is 1. The Morgan fingerprint density at radius 3 is 1.51 bits per heavy atom. The molecule has 0 heterocycles. The van der Waals surface area contributed by atoms with E-state index < -0.39 is 0 Å². The van der Waals surface area contributed by atoms with Crippen LogP contribution in [0.5, 0.6) is 0 Å². The molecule has 0 atom stereocenters. The van der Waals surface area contributed by atoms with Crippen LogP contribution in [-0.4, -0.2) is 6.54 Å². The van der Waals surface area contributed by atoms with Crippen LogP contribution in [0.3, 0.4) is 0 Å². The van der Waals surface area contributed by atoms with E-state index in [0.29, 0.717) is 0 Å². The van der Waals surface area contributed by atoms with Crippen LogP contribution >= 0.6 is 0 Å². The summed E-state index contributed by atoms with van der Waals surface area (Å²) < 4.78 is 0. The second-order valence-electron chi connectivity index (χ2n) is 10.0. The molecule has 0 aliphatic carbocycles. The van der Waals surface area contributed by atoms with Crippen LogP contribution in [0.1, 0.15) is 159 Å². The molecule has 0 aliphatic rings. The molecule has 0 fully saturated rings. The minimum atomic E-state index is 0.903. The van der Waals surface area contributed by atoms with Gasteiger partial charge in [0.2, 0.25) is 0 Å². The molecule has 1 aromatic carbocycles. The number of rotatable bonds is 11. The van der Waals surface area contributed by atoms with Gasteiger partial charge in [0.1, 0.15) is 0 Å². The van der Waals surface area contributed by atoms with Gasteiger partial charge in [0.15, 0.2) is 0 Å². The van der Waals surface area contributed by atoms with Crippen molar-refractivity contribution in [3.63, 3.8) is 0 Å². The molecule has 1 heteroatoms. The van der Waals surface area contributed by atoms with Crippen LogP contribution in [0.15, 0.2) is 68.4 Å². The average Bonchev–Trinajstić information content (AvgIpc) is 2.96. The normalized spacial score (nSPS) is 8.39. The van der Waals surface area contributed by atoms with E-state index in [1.54, 1.807) is 0 Å². The van der Waals surface area contributed by atoms with Gasteiger partial charge in [0.05, 0.1) is 0 Å². The third kappa shape index (κ3) is 39.9. The number of benzene rings is 1. The number of aryl methyl sites for hydroxylation is 1. The Bertz CT molecular complexity index is 727. The molecule has 0 unspecified atom stereocenters. The zero-order valence-electron chi connectivity index (χ0n) is 31.1. The fourth-order valence-corrected chi connectivity index (χ4v) is 2.92. The molecule has 0 saturated carbocycles. The Kier molecular flexibility index (Phi) is 53.0. The topological polar surface area (TPSA) is 12.0 Å². The van der Waals surface area contributed by atoms with Crippen LogP contribution in [0, 0.1) is 12.8 Å². The van der Waals surface area contributed by atoms with E-state index in [1.807, 2.05) is 47.6 Å². The summed E-state index contributed by atoms with van der Waals surface area (Å²) in [5.41, 5.74) is 8.36. The third-order valence-corrected chi connectivity index (χ3v) is 5.26. The van der Waals surface area contributed by atoms with Gasteiger partial charge < -0.3 is 5.32 Å². The molecule has 1 nitrogen and oxygen atoms in total. The second kappa shape index (κ2) is 42.2. The highest BCUT2D eigenvalue weighted by Gasteiger charge is 2.07. The van der Waals surface area contributed by atoms with E-state index in [4.69, 9.17) is 0 Å². The molecular formula is C40H77N. The Morgan fingerprint density at radius 1 is 0.780 bits per heavy atom. The number of unbranched alkanes of at least 4 members (excludes halogenated alkanes) is 3. The van der Waals surface area contributed by atoms with Crippen molar-refractivity contribution in [2.45, 2.75) is 149 Å². The third-order valence-electron chi connectivity index (χ3n) is 5.26. The summed E-state index contributed by atoms with van der Waals surface area (Å²) in [5.74, 6) is 0.903. The van der Waals surface area contributed by atoms with Crippen molar-refractivity contribution in [1.82, 2.24) is 5.32 Å². The van der Waals surface area contributed by atoms with Gasteiger partial charge >= 0.3 is 0 Å². The molecule has 0 spiro atoms. The molecule has 0 radical (unpaired) electrons. The lowest BCUT2D eigenvalue weighted by Gasteiger charge is -2.13. The summed E-state index contributed by atoms with van der Waals surface area (Å²) in [6.45, 7) is 50.4. The summed E-state index contributed by atoms with van der Waals surface area (Å²) in [7, 11) is 0. The lowest BCUT2D eigenvalue weighted by atomic mass is 9.92. The first-order valence-corrected chi connectivity index (χ1v) is 16.4. The van der Waals surface area contributed by atoms with Gasteiger partial charge in [-0.3, -0.25) is 0 Å². The maximum atomic E-state index is 4.05. The zero-order valence-corrected chi connectivity index (χ0v) is 31.1. The number of allylic oxidation sites excluding steroid dienone is 5. The van der Waals surface area contributed by atoms with Gasteiger partial charge in [0.25, 0.3) is 0 Å². The largest absolute Gasteiger partial charge is 0.389 e. The minimum Gasteiger partial charge on any atom is -0.389 e. The molecule has 1 rings (SSSR count). The Morgan fingerprint density at radius 2 is 1.24 bits per heavy atom. The van der Waals surface area contributed by atoms with Crippen LogP contribution in [-0.2, 0) is 0 Å². The first-order chi connectivity index (χ1) is 19.4. The quantitative estimate of drug-likeness (QED) is 0.158. The highest BCUT2D eigenvalue weighted by Crippen LogP contribution is 2.28. The number of hydrogen-bond acceptors (Lipinski definition) is 1. The lowest BCUT2D eigenvalue weighted by Crippen LogP contribution is -2.10.